The van der Waals surface area contributed by atoms with Crippen molar-refractivity contribution in [3.63, 3.8) is 0 Å². The van der Waals surface area contributed by atoms with Crippen LogP contribution < -0.4 is 9.47 Å². The first-order chi connectivity index (χ1) is 14.7. The number of hydrogen-bond donors (Lipinski definition) is 0. The zero-order chi connectivity index (χ0) is 22.7. The molecule has 0 spiro atoms. The van der Waals surface area contributed by atoms with Crippen LogP contribution in [0.2, 0.25) is 0 Å². The lowest BCUT2D eigenvalue weighted by atomic mass is 9.75. The summed E-state index contributed by atoms with van der Waals surface area (Å²) < 4.78 is 13.7. The van der Waals surface area contributed by atoms with Crippen molar-refractivity contribution in [1.29, 1.82) is 0 Å². The first-order valence-corrected chi connectivity index (χ1v) is 13.1. The van der Waals surface area contributed by atoms with Gasteiger partial charge in [0.15, 0.2) is 0 Å². The number of ether oxygens (including phenoxy) is 2. The summed E-state index contributed by atoms with van der Waals surface area (Å²) in [6.45, 7) is 18.8. The zero-order valence-electron chi connectivity index (χ0n) is 21.5. The Balaban J connectivity index is 1.87. The van der Waals surface area contributed by atoms with Crippen LogP contribution in [0, 0.1) is 35.5 Å². The second-order valence-electron chi connectivity index (χ2n) is 11.8. The minimum atomic E-state index is 0.314. The molecule has 0 heterocycles. The smallest absolute Gasteiger partial charge is 0.126 e. The molecule has 0 aliphatic heterocycles. The number of hydrogen-bond acceptors (Lipinski definition) is 2. The molecule has 0 amide bonds. The number of rotatable bonds is 7. The van der Waals surface area contributed by atoms with Gasteiger partial charge in [0.1, 0.15) is 23.7 Å². The third kappa shape index (κ3) is 5.99. The molecular weight excluding hydrogens is 380 g/mol. The summed E-state index contributed by atoms with van der Waals surface area (Å²) in [4.78, 5) is 0. The molecule has 2 heteroatoms. The van der Waals surface area contributed by atoms with Gasteiger partial charge in [0, 0.05) is 5.56 Å². The SMILES string of the molecule is CC1CCC(C(C)C)C(Oc2cccc(OC3CC(C)CCC3C(C)C)c2C(C)C)C1. The fourth-order valence-corrected chi connectivity index (χ4v) is 6.13. The van der Waals surface area contributed by atoms with Crippen molar-refractivity contribution in [3.05, 3.63) is 23.8 Å². The van der Waals surface area contributed by atoms with E-state index in [-0.39, 0.29) is 0 Å². The summed E-state index contributed by atoms with van der Waals surface area (Å²) in [6, 6.07) is 6.51. The van der Waals surface area contributed by atoms with Gasteiger partial charge in [0.25, 0.3) is 0 Å². The molecule has 6 atom stereocenters. The molecule has 2 saturated carbocycles. The monoisotopic (exact) mass is 428 g/mol. The van der Waals surface area contributed by atoms with Gasteiger partial charge in [-0.15, -0.1) is 0 Å². The van der Waals surface area contributed by atoms with Gasteiger partial charge in [-0.3, -0.25) is 0 Å². The van der Waals surface area contributed by atoms with Crippen LogP contribution in [0.25, 0.3) is 0 Å². The standard InChI is InChI=1S/C29H48O2/c1-18(2)23-14-12-21(7)16-27(23)30-25-10-9-11-26(29(25)20(5)6)31-28-17-22(8)13-15-24(28)19(3)4/h9-11,18-24,27-28H,12-17H2,1-8H3. The van der Waals surface area contributed by atoms with Crippen molar-refractivity contribution in [1.82, 2.24) is 0 Å². The van der Waals surface area contributed by atoms with E-state index in [0.29, 0.717) is 41.8 Å². The average molecular weight is 429 g/mol. The molecule has 3 rings (SSSR count). The third-order valence-corrected chi connectivity index (χ3v) is 8.08. The zero-order valence-corrected chi connectivity index (χ0v) is 21.5. The minimum absolute atomic E-state index is 0.314. The highest BCUT2D eigenvalue weighted by Gasteiger charge is 2.35. The minimum Gasteiger partial charge on any atom is -0.490 e. The van der Waals surface area contributed by atoms with Crippen molar-refractivity contribution in [2.75, 3.05) is 0 Å². The van der Waals surface area contributed by atoms with Crippen LogP contribution in [-0.4, -0.2) is 12.2 Å². The Morgan fingerprint density at radius 1 is 0.677 bits per heavy atom. The van der Waals surface area contributed by atoms with Crippen LogP contribution in [0.5, 0.6) is 11.5 Å². The summed E-state index contributed by atoms with van der Waals surface area (Å²) >= 11 is 0. The Morgan fingerprint density at radius 2 is 1.10 bits per heavy atom. The van der Waals surface area contributed by atoms with E-state index in [4.69, 9.17) is 9.47 Å². The molecule has 6 unspecified atom stereocenters. The van der Waals surface area contributed by atoms with E-state index in [2.05, 4.69) is 73.6 Å². The molecule has 2 nitrogen and oxygen atoms in total. The summed E-state index contributed by atoms with van der Waals surface area (Å²) in [5.41, 5.74) is 1.27. The Kier molecular flexibility index (Phi) is 8.38. The van der Waals surface area contributed by atoms with Gasteiger partial charge in [-0.25, -0.2) is 0 Å². The van der Waals surface area contributed by atoms with E-state index in [0.717, 1.165) is 23.3 Å². The quantitative estimate of drug-likeness (QED) is 0.433. The molecule has 0 bridgehead atoms. The largest absolute Gasteiger partial charge is 0.490 e. The summed E-state index contributed by atoms with van der Waals surface area (Å²) in [7, 11) is 0. The van der Waals surface area contributed by atoms with Crippen molar-refractivity contribution >= 4 is 0 Å². The highest BCUT2D eigenvalue weighted by Crippen LogP contribution is 2.43. The molecule has 0 aromatic heterocycles. The van der Waals surface area contributed by atoms with Gasteiger partial charge >= 0.3 is 0 Å². The molecule has 2 aliphatic carbocycles. The summed E-state index contributed by atoms with van der Waals surface area (Å²) in [6.07, 6.45) is 8.20. The molecule has 0 radical (unpaired) electrons. The van der Waals surface area contributed by atoms with Crippen LogP contribution in [0.1, 0.15) is 105 Å². The van der Waals surface area contributed by atoms with Crippen molar-refractivity contribution in [2.24, 2.45) is 35.5 Å². The van der Waals surface area contributed by atoms with Crippen LogP contribution >= 0.6 is 0 Å². The van der Waals surface area contributed by atoms with Crippen LogP contribution in [0.3, 0.4) is 0 Å². The maximum Gasteiger partial charge on any atom is 0.126 e. The fourth-order valence-electron chi connectivity index (χ4n) is 6.13. The maximum atomic E-state index is 6.84. The van der Waals surface area contributed by atoms with Crippen molar-refractivity contribution in [3.8, 4) is 11.5 Å². The molecule has 0 saturated heterocycles. The van der Waals surface area contributed by atoms with E-state index >= 15 is 0 Å². The molecule has 176 valence electrons. The van der Waals surface area contributed by atoms with E-state index < -0.39 is 0 Å². The average Bonchev–Trinajstić information content (AvgIpc) is 2.67. The van der Waals surface area contributed by atoms with Gasteiger partial charge in [0.2, 0.25) is 0 Å². The molecule has 2 aliphatic rings. The lowest BCUT2D eigenvalue weighted by Crippen LogP contribution is -2.37. The molecule has 1 aromatic carbocycles. The summed E-state index contributed by atoms with van der Waals surface area (Å²) in [5, 5.41) is 0. The molecule has 0 N–H and O–H groups in total. The highest BCUT2D eigenvalue weighted by molar-refractivity contribution is 5.47. The van der Waals surface area contributed by atoms with Gasteiger partial charge in [-0.05, 0) is 79.2 Å². The van der Waals surface area contributed by atoms with E-state index in [1.54, 1.807) is 0 Å². The second-order valence-corrected chi connectivity index (χ2v) is 11.8. The first kappa shape index (κ1) is 24.5. The van der Waals surface area contributed by atoms with Crippen LogP contribution in [0.4, 0.5) is 0 Å². The molecule has 2 fully saturated rings. The predicted octanol–water partition coefficient (Wildman–Crippen LogP) is 8.49. The predicted molar refractivity (Wildman–Crippen MR) is 132 cm³/mol. The van der Waals surface area contributed by atoms with Gasteiger partial charge in [-0.1, -0.05) is 74.3 Å². The van der Waals surface area contributed by atoms with E-state index in [1.807, 2.05) is 0 Å². The van der Waals surface area contributed by atoms with Gasteiger partial charge in [0.05, 0.1) is 0 Å². The fraction of sp³-hybridized carbons (Fsp3) is 0.793. The number of benzene rings is 1. The molecule has 1 aromatic rings. The van der Waals surface area contributed by atoms with Crippen molar-refractivity contribution < 1.29 is 9.47 Å². The summed E-state index contributed by atoms with van der Waals surface area (Å²) in [5.74, 6) is 6.60. The Labute approximate surface area is 192 Å². The Bertz CT molecular complexity index is 640. The third-order valence-electron chi connectivity index (χ3n) is 8.08. The maximum absolute atomic E-state index is 6.84. The van der Waals surface area contributed by atoms with E-state index in [9.17, 15) is 0 Å². The van der Waals surface area contributed by atoms with Crippen LogP contribution in [-0.2, 0) is 0 Å². The van der Waals surface area contributed by atoms with E-state index in [1.165, 1.54) is 44.1 Å². The second kappa shape index (κ2) is 10.6. The van der Waals surface area contributed by atoms with Crippen molar-refractivity contribution in [2.45, 2.75) is 112 Å². The molecule has 31 heavy (non-hydrogen) atoms. The Hall–Kier alpha value is -1.18. The van der Waals surface area contributed by atoms with Crippen LogP contribution in [0.15, 0.2) is 18.2 Å². The Morgan fingerprint density at radius 3 is 1.45 bits per heavy atom. The molecular formula is C29H48O2. The normalized spacial score (nSPS) is 32.0. The van der Waals surface area contributed by atoms with Gasteiger partial charge < -0.3 is 9.47 Å². The lowest BCUT2D eigenvalue weighted by Gasteiger charge is -2.39. The highest BCUT2D eigenvalue weighted by atomic mass is 16.5. The first-order valence-electron chi connectivity index (χ1n) is 13.1. The van der Waals surface area contributed by atoms with Gasteiger partial charge in [-0.2, -0.15) is 0 Å². The topological polar surface area (TPSA) is 18.5 Å². The lowest BCUT2D eigenvalue weighted by molar-refractivity contribution is 0.0391.